The van der Waals surface area contributed by atoms with Crippen molar-refractivity contribution in [3.05, 3.63) is 64.5 Å². The molecule has 2 aromatic rings. The molecule has 2 bridgehead atoms. The number of methoxy groups -OCH3 is 1. The van der Waals surface area contributed by atoms with Gasteiger partial charge in [-0.1, -0.05) is 17.2 Å². The highest BCUT2D eigenvalue weighted by molar-refractivity contribution is 6.31. The summed E-state index contributed by atoms with van der Waals surface area (Å²) in [5.74, 6) is -5.25. The van der Waals surface area contributed by atoms with Crippen molar-refractivity contribution in [1.29, 1.82) is 0 Å². The van der Waals surface area contributed by atoms with Gasteiger partial charge in [-0.25, -0.2) is 9.18 Å². The van der Waals surface area contributed by atoms with E-state index in [0.717, 1.165) is 6.07 Å². The number of rotatable bonds is 5. The fraction of sp³-hybridized carbons (Fsp3) is 0.360. The number of hydrogen-bond acceptors (Lipinski definition) is 3. The van der Waals surface area contributed by atoms with Crippen LogP contribution in [0, 0.1) is 23.6 Å². The van der Waals surface area contributed by atoms with Crippen molar-refractivity contribution in [2.75, 3.05) is 17.7 Å². The number of carbonyl (C=O) groups excluding carboxylic acids is 2. The third kappa shape index (κ3) is 6.23. The summed E-state index contributed by atoms with van der Waals surface area (Å²) in [4.78, 5) is 26.1. The lowest BCUT2D eigenvalue weighted by Crippen LogP contribution is -2.49. The molecule has 210 valence electrons. The SMILES string of the molecule is COc1ccc(Cl)cc1NC(=O)N[C@H]1[C@@H](C(=O)Nc2ccc(F)c(C(F)(F)F)c2)[C@H]2CC[C@@H]1/C2=C\C(F)(F)F. The standard InChI is InChI=1S/C25H21ClF7N3O3/c1-39-19-7-2-11(26)8-18(19)35-23(38)36-21-14-5-4-13(15(14)10-24(28,29)30)20(21)22(37)34-12-3-6-17(27)16(9-12)25(31,32)33/h2-3,6-10,13-14,20-21H,4-5H2,1H3,(H,34,37)(H2,35,36,38)/b15-10-/t13-,14+,20-,21+/m0/s1. The number of fused-ring (bicyclic) bond motifs is 2. The largest absolute Gasteiger partial charge is 0.495 e. The van der Waals surface area contributed by atoms with Crippen molar-refractivity contribution in [1.82, 2.24) is 5.32 Å². The average molecular weight is 580 g/mol. The summed E-state index contributed by atoms with van der Waals surface area (Å²) in [6, 6.07) is 4.21. The van der Waals surface area contributed by atoms with E-state index in [1.807, 2.05) is 0 Å². The Hall–Kier alpha value is -3.48. The third-order valence-electron chi connectivity index (χ3n) is 6.78. The van der Waals surface area contributed by atoms with Gasteiger partial charge < -0.3 is 20.7 Å². The second-order valence-corrected chi connectivity index (χ2v) is 9.59. The molecule has 3 amide bonds. The van der Waals surface area contributed by atoms with Crippen molar-refractivity contribution >= 4 is 34.9 Å². The van der Waals surface area contributed by atoms with Crippen LogP contribution in [0.15, 0.2) is 48.0 Å². The Bertz CT molecular complexity index is 1310. The van der Waals surface area contributed by atoms with E-state index in [0.29, 0.717) is 12.1 Å². The second-order valence-electron chi connectivity index (χ2n) is 9.15. The molecule has 2 aliphatic carbocycles. The lowest BCUT2D eigenvalue weighted by molar-refractivity contribution is -0.140. The van der Waals surface area contributed by atoms with Crippen LogP contribution in [-0.4, -0.2) is 31.3 Å². The number of halogens is 8. The van der Waals surface area contributed by atoms with Gasteiger partial charge in [-0.05, 0) is 55.2 Å². The first-order valence-electron chi connectivity index (χ1n) is 11.6. The van der Waals surface area contributed by atoms with Crippen molar-refractivity contribution in [2.45, 2.75) is 31.2 Å². The van der Waals surface area contributed by atoms with Gasteiger partial charge in [0.1, 0.15) is 11.6 Å². The van der Waals surface area contributed by atoms with Gasteiger partial charge in [0.2, 0.25) is 5.91 Å². The van der Waals surface area contributed by atoms with Crippen LogP contribution in [0.4, 0.5) is 46.9 Å². The topological polar surface area (TPSA) is 79.5 Å². The molecule has 2 aromatic carbocycles. The molecule has 2 aliphatic rings. The number of amides is 3. The van der Waals surface area contributed by atoms with Crippen molar-refractivity contribution < 1.29 is 45.1 Å². The van der Waals surface area contributed by atoms with Crippen molar-refractivity contribution in [3.63, 3.8) is 0 Å². The van der Waals surface area contributed by atoms with E-state index in [4.69, 9.17) is 16.3 Å². The van der Waals surface area contributed by atoms with Crippen molar-refractivity contribution in [3.8, 4) is 5.75 Å². The fourth-order valence-electron chi connectivity index (χ4n) is 5.31. The number of carbonyl (C=O) groups is 2. The third-order valence-corrected chi connectivity index (χ3v) is 7.01. The van der Waals surface area contributed by atoms with Gasteiger partial charge in [-0.2, -0.15) is 26.3 Å². The second kappa shape index (κ2) is 10.6. The van der Waals surface area contributed by atoms with E-state index in [1.165, 1.54) is 25.3 Å². The molecular formula is C25H21ClF7N3O3. The van der Waals surface area contributed by atoms with Crippen LogP contribution in [0.2, 0.25) is 5.02 Å². The van der Waals surface area contributed by atoms with E-state index in [1.54, 1.807) is 0 Å². The molecule has 2 saturated carbocycles. The van der Waals surface area contributed by atoms with Crippen LogP contribution < -0.4 is 20.7 Å². The first-order chi connectivity index (χ1) is 18.2. The van der Waals surface area contributed by atoms with Crippen LogP contribution >= 0.6 is 11.6 Å². The molecule has 4 atom stereocenters. The molecule has 14 heteroatoms. The van der Waals surface area contributed by atoms with Gasteiger partial charge in [0, 0.05) is 28.7 Å². The Morgan fingerprint density at radius 1 is 1.00 bits per heavy atom. The number of alkyl halides is 6. The summed E-state index contributed by atoms with van der Waals surface area (Å²) in [5, 5.41) is 7.55. The van der Waals surface area contributed by atoms with Crippen LogP contribution in [0.3, 0.4) is 0 Å². The predicted molar refractivity (Wildman–Crippen MR) is 128 cm³/mol. The molecule has 0 radical (unpaired) electrons. The molecule has 0 aromatic heterocycles. The lowest BCUT2D eigenvalue weighted by Gasteiger charge is -2.30. The summed E-state index contributed by atoms with van der Waals surface area (Å²) in [5.41, 5.74) is -1.94. The van der Waals surface area contributed by atoms with E-state index >= 15 is 0 Å². The normalized spacial score (nSPS) is 23.6. The van der Waals surface area contributed by atoms with Crippen molar-refractivity contribution in [2.24, 2.45) is 17.8 Å². The molecule has 0 heterocycles. The lowest BCUT2D eigenvalue weighted by atomic mass is 9.83. The summed E-state index contributed by atoms with van der Waals surface area (Å²) in [7, 11) is 1.34. The summed E-state index contributed by atoms with van der Waals surface area (Å²) in [6.07, 6.45) is -9.18. The Morgan fingerprint density at radius 2 is 1.69 bits per heavy atom. The van der Waals surface area contributed by atoms with Gasteiger partial charge in [0.05, 0.1) is 24.3 Å². The molecule has 0 spiro atoms. The molecule has 3 N–H and O–H groups in total. The van der Waals surface area contributed by atoms with E-state index in [9.17, 15) is 40.3 Å². The Labute approximate surface area is 222 Å². The zero-order chi connectivity index (χ0) is 28.7. The monoisotopic (exact) mass is 579 g/mol. The van der Waals surface area contributed by atoms with Crippen LogP contribution in [0.5, 0.6) is 5.75 Å². The molecule has 6 nitrogen and oxygen atoms in total. The summed E-state index contributed by atoms with van der Waals surface area (Å²) < 4.78 is 98.1. The highest BCUT2D eigenvalue weighted by Crippen LogP contribution is 2.54. The van der Waals surface area contributed by atoms with Gasteiger partial charge in [-0.15, -0.1) is 0 Å². The number of ether oxygens (including phenoxy) is 1. The first-order valence-corrected chi connectivity index (χ1v) is 11.9. The van der Waals surface area contributed by atoms with Crippen LogP contribution in [-0.2, 0) is 11.0 Å². The molecular weight excluding hydrogens is 559 g/mol. The zero-order valence-corrected chi connectivity index (χ0v) is 20.8. The number of nitrogens with one attached hydrogen (secondary N) is 3. The smallest absolute Gasteiger partial charge is 0.419 e. The number of anilines is 2. The maximum Gasteiger partial charge on any atom is 0.419 e. The van der Waals surface area contributed by atoms with E-state index in [-0.39, 0.29) is 41.0 Å². The maximum atomic E-state index is 13.7. The quantitative estimate of drug-likeness (QED) is 0.270. The minimum Gasteiger partial charge on any atom is -0.495 e. The van der Waals surface area contributed by atoms with Gasteiger partial charge in [0.15, 0.2) is 0 Å². The van der Waals surface area contributed by atoms with Crippen LogP contribution in [0.25, 0.3) is 0 Å². The fourth-order valence-corrected chi connectivity index (χ4v) is 5.49. The van der Waals surface area contributed by atoms with Crippen LogP contribution in [0.1, 0.15) is 18.4 Å². The highest BCUT2D eigenvalue weighted by atomic mass is 35.5. The minimum atomic E-state index is -5.04. The predicted octanol–water partition coefficient (Wildman–Crippen LogP) is 6.78. The zero-order valence-electron chi connectivity index (χ0n) is 20.0. The molecule has 0 aliphatic heterocycles. The summed E-state index contributed by atoms with van der Waals surface area (Å²) >= 11 is 5.96. The van der Waals surface area contributed by atoms with Gasteiger partial charge >= 0.3 is 18.4 Å². The Morgan fingerprint density at radius 3 is 2.33 bits per heavy atom. The summed E-state index contributed by atoms with van der Waals surface area (Å²) in [6.45, 7) is 0. The molecule has 39 heavy (non-hydrogen) atoms. The first kappa shape index (κ1) is 28.5. The highest BCUT2D eigenvalue weighted by Gasteiger charge is 2.55. The average Bonchev–Trinajstić information content (AvgIpc) is 3.32. The Balaban J connectivity index is 1.62. The van der Waals surface area contributed by atoms with Gasteiger partial charge in [0.25, 0.3) is 0 Å². The minimum absolute atomic E-state index is 0.0802. The molecule has 0 unspecified atom stereocenters. The van der Waals surface area contributed by atoms with E-state index < -0.39 is 65.2 Å². The maximum absolute atomic E-state index is 13.7. The number of urea groups is 1. The number of benzene rings is 2. The number of allylic oxidation sites excluding steroid dienone is 1. The Kier molecular flexibility index (Phi) is 7.75. The number of hydrogen-bond donors (Lipinski definition) is 3. The molecule has 2 fully saturated rings. The van der Waals surface area contributed by atoms with Gasteiger partial charge in [-0.3, -0.25) is 4.79 Å². The molecule has 4 rings (SSSR count). The van der Waals surface area contributed by atoms with E-state index in [2.05, 4.69) is 16.0 Å². The molecule has 0 saturated heterocycles.